The highest BCUT2D eigenvalue weighted by molar-refractivity contribution is 5.43. The van der Waals surface area contributed by atoms with Crippen molar-refractivity contribution >= 4 is 0 Å². The molecule has 0 amide bonds. The zero-order valence-corrected chi connectivity index (χ0v) is 20.7. The van der Waals surface area contributed by atoms with Crippen LogP contribution in [-0.4, -0.2) is 45.6 Å². The van der Waals surface area contributed by atoms with Crippen LogP contribution in [0, 0.1) is 12.8 Å². The van der Waals surface area contributed by atoms with Gasteiger partial charge in [-0.15, -0.1) is 0 Å². The molecule has 4 aromatic rings. The van der Waals surface area contributed by atoms with Crippen LogP contribution in [0.5, 0.6) is 17.4 Å². The van der Waals surface area contributed by atoms with Crippen LogP contribution in [0.25, 0.3) is 5.69 Å². The number of para-hydroxylation sites is 3. The molecule has 0 bridgehead atoms. The van der Waals surface area contributed by atoms with Gasteiger partial charge in [0, 0.05) is 19.6 Å². The lowest BCUT2D eigenvalue weighted by Crippen LogP contribution is -2.36. The van der Waals surface area contributed by atoms with Crippen molar-refractivity contribution in [2.24, 2.45) is 5.92 Å². The minimum Gasteiger partial charge on any atom is -0.491 e. The Morgan fingerprint density at radius 3 is 2.17 bits per heavy atom. The quantitative estimate of drug-likeness (QED) is 0.283. The second kappa shape index (κ2) is 11.4. The molecule has 0 radical (unpaired) electrons. The highest BCUT2D eigenvalue weighted by Gasteiger charge is 2.28. The van der Waals surface area contributed by atoms with E-state index in [-0.39, 0.29) is 6.61 Å². The SMILES string of the molecule is Cc1nn(-c2ccccc2)c(Oc2ccccc2)c1CN(CC(O)COc1ccccc1)CC1CC1. The van der Waals surface area contributed by atoms with Crippen LogP contribution in [0.4, 0.5) is 0 Å². The summed E-state index contributed by atoms with van der Waals surface area (Å²) >= 11 is 0. The molecule has 1 fully saturated rings. The third-order valence-electron chi connectivity index (χ3n) is 6.35. The topological polar surface area (TPSA) is 59.8 Å². The van der Waals surface area contributed by atoms with Crippen LogP contribution in [0.1, 0.15) is 24.1 Å². The van der Waals surface area contributed by atoms with E-state index in [1.54, 1.807) is 0 Å². The van der Waals surface area contributed by atoms with Gasteiger partial charge in [-0.1, -0.05) is 54.6 Å². The fourth-order valence-corrected chi connectivity index (χ4v) is 4.32. The normalized spacial score (nSPS) is 14.1. The van der Waals surface area contributed by atoms with E-state index < -0.39 is 6.10 Å². The molecule has 3 aromatic carbocycles. The number of nitrogens with zero attached hydrogens (tertiary/aromatic N) is 3. The van der Waals surface area contributed by atoms with Gasteiger partial charge in [0.25, 0.3) is 0 Å². The van der Waals surface area contributed by atoms with Gasteiger partial charge in [-0.05, 0) is 62.1 Å². The maximum Gasteiger partial charge on any atom is 0.227 e. The molecule has 6 nitrogen and oxygen atoms in total. The summed E-state index contributed by atoms with van der Waals surface area (Å²) in [6, 6.07) is 29.5. The van der Waals surface area contributed by atoms with E-state index >= 15 is 0 Å². The Labute approximate surface area is 212 Å². The molecule has 1 aliphatic carbocycles. The zero-order chi connectivity index (χ0) is 24.7. The van der Waals surface area contributed by atoms with Gasteiger partial charge in [0.1, 0.15) is 24.2 Å². The molecule has 6 heteroatoms. The molecule has 0 aliphatic heterocycles. The molecular weight excluding hydrogens is 450 g/mol. The van der Waals surface area contributed by atoms with Gasteiger partial charge in [-0.2, -0.15) is 5.10 Å². The van der Waals surface area contributed by atoms with E-state index in [2.05, 4.69) is 4.90 Å². The molecule has 1 atom stereocenters. The second-order valence-electron chi connectivity index (χ2n) is 9.45. The predicted molar refractivity (Wildman–Crippen MR) is 141 cm³/mol. The van der Waals surface area contributed by atoms with E-state index in [0.717, 1.165) is 35.0 Å². The molecule has 1 aliphatic rings. The molecule has 1 heterocycles. The largest absolute Gasteiger partial charge is 0.491 e. The Balaban J connectivity index is 1.38. The van der Waals surface area contributed by atoms with Crippen molar-refractivity contribution in [3.05, 3.63) is 102 Å². The summed E-state index contributed by atoms with van der Waals surface area (Å²) in [5.41, 5.74) is 2.89. The molecule has 1 unspecified atom stereocenters. The van der Waals surface area contributed by atoms with Crippen LogP contribution in [0.15, 0.2) is 91.0 Å². The maximum absolute atomic E-state index is 10.8. The van der Waals surface area contributed by atoms with Crippen LogP contribution >= 0.6 is 0 Å². The van der Waals surface area contributed by atoms with Crippen molar-refractivity contribution in [3.8, 4) is 23.1 Å². The number of hydrogen-bond donors (Lipinski definition) is 1. The molecule has 1 N–H and O–H groups in total. The van der Waals surface area contributed by atoms with E-state index in [9.17, 15) is 5.11 Å². The van der Waals surface area contributed by atoms with Gasteiger partial charge >= 0.3 is 0 Å². The summed E-state index contributed by atoms with van der Waals surface area (Å²) in [4.78, 5) is 2.31. The summed E-state index contributed by atoms with van der Waals surface area (Å²) in [7, 11) is 0. The number of benzene rings is 3. The fourth-order valence-electron chi connectivity index (χ4n) is 4.32. The highest BCUT2D eigenvalue weighted by Crippen LogP contribution is 2.34. The summed E-state index contributed by atoms with van der Waals surface area (Å²) in [6.07, 6.45) is 1.87. The Morgan fingerprint density at radius 1 is 0.917 bits per heavy atom. The minimum atomic E-state index is -0.605. The first kappa shape index (κ1) is 24.1. The molecule has 186 valence electrons. The predicted octanol–water partition coefficient (Wildman–Crippen LogP) is 5.62. The molecular formula is C30H33N3O3. The van der Waals surface area contributed by atoms with Crippen LogP contribution in [-0.2, 0) is 6.54 Å². The van der Waals surface area contributed by atoms with Gasteiger partial charge in [0.15, 0.2) is 0 Å². The number of aliphatic hydroxyl groups excluding tert-OH is 1. The minimum absolute atomic E-state index is 0.251. The second-order valence-corrected chi connectivity index (χ2v) is 9.45. The van der Waals surface area contributed by atoms with Crippen LogP contribution < -0.4 is 9.47 Å². The number of rotatable bonds is 12. The molecule has 0 spiro atoms. The Kier molecular flexibility index (Phi) is 7.64. The molecule has 1 saturated carbocycles. The van der Waals surface area contributed by atoms with E-state index in [0.29, 0.717) is 24.9 Å². The third-order valence-corrected chi connectivity index (χ3v) is 6.35. The van der Waals surface area contributed by atoms with Gasteiger partial charge in [-0.25, -0.2) is 4.68 Å². The highest BCUT2D eigenvalue weighted by atomic mass is 16.5. The summed E-state index contributed by atoms with van der Waals surface area (Å²) < 4.78 is 14.1. The van der Waals surface area contributed by atoms with Crippen molar-refractivity contribution in [2.75, 3.05) is 19.7 Å². The van der Waals surface area contributed by atoms with Gasteiger partial charge < -0.3 is 14.6 Å². The molecule has 1 aromatic heterocycles. The first-order valence-corrected chi connectivity index (χ1v) is 12.6. The van der Waals surface area contributed by atoms with Crippen molar-refractivity contribution in [1.29, 1.82) is 0 Å². The van der Waals surface area contributed by atoms with Crippen molar-refractivity contribution in [1.82, 2.24) is 14.7 Å². The average Bonchev–Trinajstić information content (AvgIpc) is 3.68. The van der Waals surface area contributed by atoms with Gasteiger partial charge in [0.05, 0.1) is 16.9 Å². The summed E-state index contributed by atoms with van der Waals surface area (Å²) in [5, 5.41) is 15.7. The molecule has 36 heavy (non-hydrogen) atoms. The number of ether oxygens (including phenoxy) is 2. The number of aromatic nitrogens is 2. The molecule has 0 saturated heterocycles. The van der Waals surface area contributed by atoms with E-state index in [1.807, 2.05) is 103 Å². The van der Waals surface area contributed by atoms with Gasteiger partial charge in [0.2, 0.25) is 5.88 Å². The lowest BCUT2D eigenvalue weighted by Gasteiger charge is -2.25. The van der Waals surface area contributed by atoms with Crippen molar-refractivity contribution in [3.63, 3.8) is 0 Å². The average molecular weight is 484 g/mol. The van der Waals surface area contributed by atoms with Crippen LogP contribution in [0.2, 0.25) is 0 Å². The maximum atomic E-state index is 10.8. The first-order valence-electron chi connectivity index (χ1n) is 12.6. The Hall–Kier alpha value is -3.61. The van der Waals surface area contributed by atoms with Crippen molar-refractivity contribution in [2.45, 2.75) is 32.4 Å². The third kappa shape index (κ3) is 6.33. The lowest BCUT2D eigenvalue weighted by molar-refractivity contribution is 0.0636. The van der Waals surface area contributed by atoms with Crippen LogP contribution in [0.3, 0.4) is 0 Å². The standard InChI is InChI=1S/C30H33N3O3/c1-23-29(21-32(19-24-17-18-24)20-26(34)22-35-27-13-7-3-8-14-27)30(36-28-15-9-4-10-16-28)33(31-23)25-11-5-2-6-12-25/h2-16,24,26,34H,17-22H2,1H3. The van der Waals surface area contributed by atoms with Gasteiger partial charge in [-0.3, -0.25) is 4.90 Å². The number of aryl methyl sites for hydroxylation is 1. The Morgan fingerprint density at radius 2 is 1.53 bits per heavy atom. The summed E-state index contributed by atoms with van der Waals surface area (Å²) in [5.74, 6) is 2.92. The summed E-state index contributed by atoms with van der Waals surface area (Å²) in [6.45, 7) is 4.37. The number of aliphatic hydroxyl groups is 1. The zero-order valence-electron chi connectivity index (χ0n) is 20.7. The monoisotopic (exact) mass is 483 g/mol. The van der Waals surface area contributed by atoms with Crippen molar-refractivity contribution < 1.29 is 14.6 Å². The Bertz CT molecular complexity index is 1220. The number of hydrogen-bond acceptors (Lipinski definition) is 5. The molecule has 5 rings (SSSR count). The van der Waals surface area contributed by atoms with E-state index in [1.165, 1.54) is 12.8 Å². The lowest BCUT2D eigenvalue weighted by atomic mass is 10.2. The van der Waals surface area contributed by atoms with E-state index in [4.69, 9.17) is 14.6 Å². The first-order chi connectivity index (χ1) is 17.7. The fraction of sp³-hybridized carbons (Fsp3) is 0.300. The smallest absolute Gasteiger partial charge is 0.227 e.